The van der Waals surface area contributed by atoms with E-state index in [2.05, 4.69) is 27.9 Å². The maximum Gasteiger partial charge on any atom is 0.347 e. The lowest BCUT2D eigenvalue weighted by atomic mass is 10.2. The fourth-order valence-corrected chi connectivity index (χ4v) is 2.16. The average Bonchev–Trinajstić information content (AvgIpc) is 2.49. The van der Waals surface area contributed by atoms with E-state index >= 15 is 0 Å². The Balaban J connectivity index is 3.02. The molecule has 0 saturated heterocycles. The normalized spacial score (nSPS) is 9.82. The van der Waals surface area contributed by atoms with Crippen LogP contribution in [-0.2, 0) is 25.7 Å². The molecule has 1 rings (SSSR count). The number of esters is 2. The highest BCUT2D eigenvalue weighted by atomic mass is 127. The van der Waals surface area contributed by atoms with Crippen LogP contribution in [0.5, 0.6) is 0 Å². The van der Waals surface area contributed by atoms with Crippen LogP contribution in [0.25, 0.3) is 0 Å². The third kappa shape index (κ3) is 5.30. The topological polar surface area (TPSA) is 84.9 Å². The first kappa shape index (κ1) is 18.4. The van der Waals surface area contributed by atoms with E-state index in [-0.39, 0.29) is 25.4 Å². The van der Waals surface area contributed by atoms with E-state index < -0.39 is 11.9 Å². The predicted molar refractivity (Wildman–Crippen MR) is 90.1 cm³/mol. The Hall–Kier alpha value is -1.61. The fourth-order valence-electron chi connectivity index (χ4n) is 1.60. The quantitative estimate of drug-likeness (QED) is 0.232. The van der Waals surface area contributed by atoms with Crippen LogP contribution in [0, 0.1) is 3.57 Å². The number of hydrogen-bond donors (Lipinski definition) is 2. The van der Waals surface area contributed by atoms with Gasteiger partial charge in [-0.2, -0.15) is 0 Å². The van der Waals surface area contributed by atoms with E-state index in [9.17, 15) is 14.7 Å². The molecule has 0 fully saturated rings. The second-order valence-electron chi connectivity index (χ2n) is 4.10. The van der Waals surface area contributed by atoms with Crippen LogP contribution in [0.4, 0.5) is 5.69 Å². The molecule has 7 heteroatoms. The maximum absolute atomic E-state index is 11.8. The largest absolute Gasteiger partial charge is 0.462 e. The molecular formula is C15H18INO5. The minimum Gasteiger partial charge on any atom is -0.462 e. The minimum absolute atomic E-state index is 0.154. The van der Waals surface area contributed by atoms with Crippen LogP contribution >= 0.6 is 22.6 Å². The van der Waals surface area contributed by atoms with Gasteiger partial charge in [-0.3, -0.25) is 0 Å². The molecule has 1 aromatic carbocycles. The number of carbonyl (C=O) groups excluding carboxylic acids is 2. The predicted octanol–water partition coefficient (Wildman–Crippen LogP) is 2.21. The van der Waals surface area contributed by atoms with Crippen molar-refractivity contribution in [3.63, 3.8) is 0 Å². The Bertz CT molecular complexity index is 551. The van der Waals surface area contributed by atoms with E-state index in [1.807, 2.05) is 6.07 Å². The van der Waals surface area contributed by atoms with E-state index in [1.54, 1.807) is 26.0 Å². The Morgan fingerprint density at radius 2 is 1.82 bits per heavy atom. The molecule has 0 aliphatic rings. The summed E-state index contributed by atoms with van der Waals surface area (Å²) in [5.41, 5.74) is 1.01. The zero-order valence-corrected chi connectivity index (χ0v) is 14.5. The summed E-state index contributed by atoms with van der Waals surface area (Å²) in [5.74, 6) is -1.52. The lowest BCUT2D eigenvalue weighted by molar-refractivity contribution is -0.146. The molecular weight excluding hydrogens is 401 g/mol. The number of nitrogens with one attached hydrogen (secondary N) is 1. The fraction of sp³-hybridized carbons (Fsp3) is 0.333. The number of ether oxygens (including phenoxy) is 2. The molecule has 22 heavy (non-hydrogen) atoms. The molecule has 0 saturated carbocycles. The molecule has 0 amide bonds. The van der Waals surface area contributed by atoms with Crippen molar-refractivity contribution in [1.82, 2.24) is 0 Å². The SMILES string of the molecule is CCOC(=O)C(=CNc1ccc(I)cc1CO)C(=O)OCC. The van der Waals surface area contributed by atoms with Crippen molar-refractivity contribution in [3.8, 4) is 0 Å². The van der Waals surface area contributed by atoms with Crippen LogP contribution in [0.3, 0.4) is 0 Å². The highest BCUT2D eigenvalue weighted by molar-refractivity contribution is 14.1. The van der Waals surface area contributed by atoms with Gasteiger partial charge in [-0.25, -0.2) is 9.59 Å². The molecule has 0 aliphatic heterocycles. The highest BCUT2D eigenvalue weighted by Crippen LogP contribution is 2.19. The summed E-state index contributed by atoms with van der Waals surface area (Å²) in [5, 5.41) is 12.2. The number of benzene rings is 1. The standard InChI is InChI=1S/C15H18INO5/c1-3-21-14(19)12(15(20)22-4-2)8-17-13-6-5-11(16)7-10(13)9-18/h5-8,17-18H,3-4,9H2,1-2H3. The summed E-state index contributed by atoms with van der Waals surface area (Å²) in [7, 11) is 0. The van der Waals surface area contributed by atoms with Crippen molar-refractivity contribution in [2.24, 2.45) is 0 Å². The third-order valence-corrected chi connectivity index (χ3v) is 3.27. The maximum atomic E-state index is 11.8. The number of halogens is 1. The first-order valence-corrected chi connectivity index (χ1v) is 7.81. The Labute approximate surface area is 142 Å². The van der Waals surface area contributed by atoms with Gasteiger partial charge in [0.2, 0.25) is 0 Å². The van der Waals surface area contributed by atoms with Gasteiger partial charge >= 0.3 is 11.9 Å². The Morgan fingerprint density at radius 3 is 2.32 bits per heavy atom. The molecule has 0 radical (unpaired) electrons. The van der Waals surface area contributed by atoms with Crippen LogP contribution in [0.15, 0.2) is 30.0 Å². The summed E-state index contributed by atoms with van der Waals surface area (Å²) in [4.78, 5) is 23.6. The van der Waals surface area contributed by atoms with Crippen LogP contribution in [0.2, 0.25) is 0 Å². The van der Waals surface area contributed by atoms with Gasteiger partial charge in [0, 0.05) is 21.0 Å². The number of anilines is 1. The number of aliphatic hydroxyl groups is 1. The molecule has 1 aromatic rings. The van der Waals surface area contributed by atoms with Gasteiger partial charge in [0.15, 0.2) is 5.57 Å². The van der Waals surface area contributed by atoms with Gasteiger partial charge in [0.25, 0.3) is 0 Å². The summed E-state index contributed by atoms with van der Waals surface area (Å²) < 4.78 is 10.6. The molecule has 120 valence electrons. The van der Waals surface area contributed by atoms with Crippen LogP contribution in [-0.4, -0.2) is 30.3 Å². The zero-order valence-electron chi connectivity index (χ0n) is 12.4. The van der Waals surface area contributed by atoms with Crippen molar-refractivity contribution >= 4 is 40.2 Å². The highest BCUT2D eigenvalue weighted by Gasteiger charge is 2.21. The third-order valence-electron chi connectivity index (χ3n) is 2.60. The number of hydrogen-bond acceptors (Lipinski definition) is 6. The summed E-state index contributed by atoms with van der Waals surface area (Å²) in [6, 6.07) is 5.38. The minimum atomic E-state index is -0.760. The summed E-state index contributed by atoms with van der Waals surface area (Å²) in [6.07, 6.45) is 1.23. The number of aliphatic hydroxyl groups excluding tert-OH is 1. The van der Waals surface area contributed by atoms with Gasteiger partial charge in [-0.15, -0.1) is 0 Å². The van der Waals surface area contributed by atoms with Gasteiger partial charge < -0.3 is 19.9 Å². The van der Waals surface area contributed by atoms with Gasteiger partial charge in [-0.05, 0) is 54.6 Å². The molecule has 0 unspecified atom stereocenters. The van der Waals surface area contributed by atoms with Gasteiger partial charge in [-0.1, -0.05) is 0 Å². The van der Waals surface area contributed by atoms with Crippen LogP contribution < -0.4 is 5.32 Å². The van der Waals surface area contributed by atoms with E-state index in [4.69, 9.17) is 9.47 Å². The van der Waals surface area contributed by atoms with Crippen molar-refractivity contribution < 1.29 is 24.2 Å². The Morgan fingerprint density at radius 1 is 1.23 bits per heavy atom. The lowest BCUT2D eigenvalue weighted by Gasteiger charge is -2.10. The molecule has 0 aromatic heterocycles. The van der Waals surface area contributed by atoms with E-state index in [0.717, 1.165) is 3.57 Å². The van der Waals surface area contributed by atoms with Crippen molar-refractivity contribution in [2.75, 3.05) is 18.5 Å². The summed E-state index contributed by atoms with van der Waals surface area (Å²) in [6.45, 7) is 3.44. The molecule has 0 aliphatic carbocycles. The molecule has 0 bridgehead atoms. The first-order valence-electron chi connectivity index (χ1n) is 6.73. The zero-order chi connectivity index (χ0) is 16.5. The molecule has 0 spiro atoms. The number of carbonyl (C=O) groups is 2. The second-order valence-corrected chi connectivity index (χ2v) is 5.35. The van der Waals surface area contributed by atoms with Gasteiger partial charge in [0.05, 0.1) is 19.8 Å². The Kier molecular flexibility index (Phi) is 7.89. The number of rotatable bonds is 7. The van der Waals surface area contributed by atoms with Crippen molar-refractivity contribution in [1.29, 1.82) is 0 Å². The monoisotopic (exact) mass is 419 g/mol. The van der Waals surface area contributed by atoms with Crippen molar-refractivity contribution in [2.45, 2.75) is 20.5 Å². The first-order chi connectivity index (χ1) is 10.5. The molecule has 0 heterocycles. The average molecular weight is 419 g/mol. The lowest BCUT2D eigenvalue weighted by Crippen LogP contribution is -2.19. The van der Waals surface area contributed by atoms with Crippen LogP contribution in [0.1, 0.15) is 19.4 Å². The van der Waals surface area contributed by atoms with Crippen molar-refractivity contribution in [3.05, 3.63) is 39.1 Å². The summed E-state index contributed by atoms with van der Waals surface area (Å²) >= 11 is 2.13. The molecule has 6 nitrogen and oxygen atoms in total. The molecule has 0 atom stereocenters. The second kappa shape index (κ2) is 9.42. The smallest absolute Gasteiger partial charge is 0.347 e. The van der Waals surface area contributed by atoms with Gasteiger partial charge in [0.1, 0.15) is 0 Å². The van der Waals surface area contributed by atoms with E-state index in [0.29, 0.717) is 11.3 Å². The van der Waals surface area contributed by atoms with E-state index in [1.165, 1.54) is 6.20 Å². The molecule has 2 N–H and O–H groups in total.